The SMILES string of the molecule is COc1cc(NC(=O)c2cc(-c3cc(C)sc3C)nc3onc(C)c23)c(OC)cc1Cl. The van der Waals surface area contributed by atoms with Crippen molar-refractivity contribution in [2.75, 3.05) is 19.5 Å². The molecule has 9 heteroatoms. The van der Waals surface area contributed by atoms with Crippen LogP contribution in [0.25, 0.3) is 22.4 Å². The van der Waals surface area contributed by atoms with E-state index in [1.165, 1.54) is 14.2 Å². The molecule has 1 N–H and O–H groups in total. The first kappa shape index (κ1) is 21.1. The van der Waals surface area contributed by atoms with Crippen molar-refractivity contribution in [2.24, 2.45) is 0 Å². The maximum Gasteiger partial charge on any atom is 0.259 e. The number of hydrogen-bond acceptors (Lipinski definition) is 7. The number of nitrogens with one attached hydrogen (secondary N) is 1. The number of halogens is 1. The Morgan fingerprint density at radius 3 is 2.48 bits per heavy atom. The summed E-state index contributed by atoms with van der Waals surface area (Å²) in [4.78, 5) is 20.2. The Morgan fingerprint density at radius 1 is 1.10 bits per heavy atom. The number of benzene rings is 1. The normalized spacial score (nSPS) is 11.0. The lowest BCUT2D eigenvalue weighted by Gasteiger charge is -2.14. The van der Waals surface area contributed by atoms with Gasteiger partial charge in [0.05, 0.1) is 47.3 Å². The molecular weight excluding hydrogens is 438 g/mol. The van der Waals surface area contributed by atoms with Crippen LogP contribution in [0.3, 0.4) is 0 Å². The van der Waals surface area contributed by atoms with Crippen LogP contribution in [-0.4, -0.2) is 30.3 Å². The Bertz CT molecular complexity index is 1310. The zero-order valence-corrected chi connectivity index (χ0v) is 19.2. The van der Waals surface area contributed by atoms with Crippen molar-refractivity contribution in [3.05, 3.63) is 50.3 Å². The molecule has 0 atom stereocenters. The fourth-order valence-electron chi connectivity index (χ4n) is 3.44. The first-order chi connectivity index (χ1) is 14.8. The summed E-state index contributed by atoms with van der Waals surface area (Å²) in [6.45, 7) is 5.83. The Hall–Kier alpha value is -3.10. The lowest BCUT2D eigenvalue weighted by molar-refractivity contribution is 0.102. The molecule has 31 heavy (non-hydrogen) atoms. The van der Waals surface area contributed by atoms with Gasteiger partial charge in [0.1, 0.15) is 11.5 Å². The van der Waals surface area contributed by atoms with Crippen molar-refractivity contribution in [2.45, 2.75) is 20.8 Å². The van der Waals surface area contributed by atoms with E-state index in [2.05, 4.69) is 15.5 Å². The van der Waals surface area contributed by atoms with Crippen molar-refractivity contribution >= 4 is 45.6 Å². The highest BCUT2D eigenvalue weighted by Crippen LogP contribution is 2.37. The van der Waals surface area contributed by atoms with E-state index in [9.17, 15) is 4.79 Å². The summed E-state index contributed by atoms with van der Waals surface area (Å²) >= 11 is 7.85. The van der Waals surface area contributed by atoms with Gasteiger partial charge in [0, 0.05) is 27.5 Å². The summed E-state index contributed by atoms with van der Waals surface area (Å²) in [5.41, 5.74) is 3.33. The van der Waals surface area contributed by atoms with Crippen LogP contribution in [0.5, 0.6) is 11.5 Å². The van der Waals surface area contributed by atoms with Crippen LogP contribution < -0.4 is 14.8 Å². The number of nitrogens with zero attached hydrogens (tertiary/aromatic N) is 2. The topological polar surface area (TPSA) is 86.5 Å². The number of hydrogen-bond donors (Lipinski definition) is 1. The van der Waals surface area contributed by atoms with Crippen molar-refractivity contribution < 1.29 is 18.8 Å². The number of aromatic nitrogens is 2. The van der Waals surface area contributed by atoms with E-state index in [1.54, 1.807) is 36.5 Å². The average molecular weight is 458 g/mol. The molecule has 0 radical (unpaired) electrons. The molecule has 0 aliphatic carbocycles. The molecule has 4 rings (SSSR count). The maximum atomic E-state index is 13.4. The second kappa shape index (κ2) is 8.20. The Morgan fingerprint density at radius 2 is 1.84 bits per heavy atom. The summed E-state index contributed by atoms with van der Waals surface area (Å²) in [5.74, 6) is 0.479. The number of aryl methyl sites for hydroxylation is 3. The van der Waals surface area contributed by atoms with E-state index in [1.807, 2.05) is 19.9 Å². The first-order valence-electron chi connectivity index (χ1n) is 9.39. The third kappa shape index (κ3) is 3.84. The minimum Gasteiger partial charge on any atom is -0.495 e. The Labute approximate surface area is 187 Å². The van der Waals surface area contributed by atoms with Gasteiger partial charge in [-0.25, -0.2) is 4.98 Å². The van der Waals surface area contributed by atoms with Crippen molar-refractivity contribution in [3.63, 3.8) is 0 Å². The summed E-state index contributed by atoms with van der Waals surface area (Å²) in [5, 5.41) is 7.83. The molecule has 0 saturated heterocycles. The zero-order chi connectivity index (χ0) is 22.3. The van der Waals surface area contributed by atoms with E-state index in [-0.39, 0.29) is 5.91 Å². The second-order valence-corrected chi connectivity index (χ2v) is 8.84. The van der Waals surface area contributed by atoms with E-state index in [0.717, 1.165) is 15.3 Å². The Balaban J connectivity index is 1.83. The van der Waals surface area contributed by atoms with Crippen LogP contribution in [0.2, 0.25) is 5.02 Å². The molecule has 7 nitrogen and oxygen atoms in total. The molecule has 1 amide bonds. The number of fused-ring (bicyclic) bond motifs is 1. The van der Waals surface area contributed by atoms with E-state index in [4.69, 9.17) is 25.6 Å². The van der Waals surface area contributed by atoms with Gasteiger partial charge in [-0.1, -0.05) is 16.8 Å². The number of rotatable bonds is 5. The molecule has 0 bridgehead atoms. The third-order valence-electron chi connectivity index (χ3n) is 4.90. The van der Waals surface area contributed by atoms with Crippen LogP contribution in [0, 0.1) is 20.8 Å². The molecule has 3 heterocycles. The third-order valence-corrected chi connectivity index (χ3v) is 6.16. The minimum atomic E-state index is -0.354. The van der Waals surface area contributed by atoms with Crippen molar-refractivity contribution in [1.82, 2.24) is 10.1 Å². The van der Waals surface area contributed by atoms with Gasteiger partial charge in [0.25, 0.3) is 11.6 Å². The van der Waals surface area contributed by atoms with Crippen LogP contribution in [0.1, 0.15) is 25.8 Å². The Kier molecular flexibility index (Phi) is 5.60. The molecule has 4 aromatic rings. The van der Waals surface area contributed by atoms with Gasteiger partial charge >= 0.3 is 0 Å². The summed E-state index contributed by atoms with van der Waals surface area (Å²) in [6.07, 6.45) is 0. The maximum absolute atomic E-state index is 13.4. The number of amides is 1. The number of ether oxygens (including phenoxy) is 2. The van der Waals surface area contributed by atoms with Gasteiger partial charge in [-0.15, -0.1) is 11.3 Å². The van der Waals surface area contributed by atoms with Crippen LogP contribution in [-0.2, 0) is 0 Å². The smallest absolute Gasteiger partial charge is 0.259 e. The van der Waals surface area contributed by atoms with Gasteiger partial charge in [0.15, 0.2) is 0 Å². The molecule has 3 aromatic heterocycles. The minimum absolute atomic E-state index is 0.309. The number of thiophene rings is 1. The molecule has 0 aliphatic rings. The number of methoxy groups -OCH3 is 2. The molecule has 0 saturated carbocycles. The van der Waals surface area contributed by atoms with Crippen molar-refractivity contribution in [1.29, 1.82) is 0 Å². The van der Waals surface area contributed by atoms with Gasteiger partial charge in [-0.05, 0) is 32.9 Å². The highest BCUT2D eigenvalue weighted by atomic mass is 35.5. The molecule has 0 fully saturated rings. The predicted octanol–water partition coefficient (Wildman–Crippen LogP) is 5.80. The lowest BCUT2D eigenvalue weighted by atomic mass is 10.1. The van der Waals surface area contributed by atoms with E-state index >= 15 is 0 Å². The number of carbonyl (C=O) groups is 1. The summed E-state index contributed by atoms with van der Waals surface area (Å²) in [7, 11) is 3.01. The zero-order valence-electron chi connectivity index (χ0n) is 17.6. The van der Waals surface area contributed by atoms with Gasteiger partial charge < -0.3 is 19.3 Å². The van der Waals surface area contributed by atoms with Gasteiger partial charge in [-0.2, -0.15) is 0 Å². The van der Waals surface area contributed by atoms with Crippen molar-refractivity contribution in [3.8, 4) is 22.8 Å². The van der Waals surface area contributed by atoms with E-state index in [0.29, 0.717) is 50.3 Å². The highest BCUT2D eigenvalue weighted by molar-refractivity contribution is 7.12. The summed E-state index contributed by atoms with van der Waals surface area (Å²) < 4.78 is 16.0. The number of carbonyl (C=O) groups excluding carboxylic acids is 1. The lowest BCUT2D eigenvalue weighted by Crippen LogP contribution is -2.14. The fraction of sp³-hybridized carbons (Fsp3) is 0.227. The summed E-state index contributed by atoms with van der Waals surface area (Å²) in [6, 6.07) is 7.01. The average Bonchev–Trinajstić information content (AvgIpc) is 3.29. The molecule has 0 spiro atoms. The quantitative estimate of drug-likeness (QED) is 0.407. The standard InChI is InChI=1S/C22H20ClN3O4S/c1-10-6-13(12(3)31-10)16-7-14(20-11(2)26-30-22(20)25-16)21(27)24-17-9-18(28-4)15(23)8-19(17)29-5/h6-9H,1-5H3,(H,24,27). The first-order valence-corrected chi connectivity index (χ1v) is 10.6. The second-order valence-electron chi connectivity index (χ2n) is 6.97. The van der Waals surface area contributed by atoms with Gasteiger partial charge in [-0.3, -0.25) is 4.79 Å². The molecular formula is C22H20ClN3O4S. The van der Waals surface area contributed by atoms with Crippen LogP contribution in [0.15, 0.2) is 28.8 Å². The van der Waals surface area contributed by atoms with Crippen LogP contribution in [0.4, 0.5) is 5.69 Å². The van der Waals surface area contributed by atoms with Gasteiger partial charge in [0.2, 0.25) is 0 Å². The fourth-order valence-corrected chi connectivity index (χ4v) is 4.61. The van der Waals surface area contributed by atoms with E-state index < -0.39 is 0 Å². The largest absolute Gasteiger partial charge is 0.495 e. The monoisotopic (exact) mass is 457 g/mol. The molecule has 0 unspecified atom stereocenters. The van der Waals surface area contributed by atoms with Crippen LogP contribution >= 0.6 is 22.9 Å². The highest BCUT2D eigenvalue weighted by Gasteiger charge is 2.22. The number of pyridine rings is 1. The molecule has 0 aliphatic heterocycles. The molecule has 160 valence electrons. The predicted molar refractivity (Wildman–Crippen MR) is 122 cm³/mol. The number of anilines is 1. The molecule has 1 aromatic carbocycles.